The summed E-state index contributed by atoms with van der Waals surface area (Å²) in [5, 5.41) is 5.29. The average Bonchev–Trinajstić information content (AvgIpc) is 3.06. The summed E-state index contributed by atoms with van der Waals surface area (Å²) in [7, 11) is 0. The molecule has 1 aromatic heterocycles. The molecule has 0 amide bonds. The highest BCUT2D eigenvalue weighted by molar-refractivity contribution is 14.0. The summed E-state index contributed by atoms with van der Waals surface area (Å²) in [5.74, 6) is 0.799. The quantitative estimate of drug-likeness (QED) is 0.390. The van der Waals surface area contributed by atoms with Gasteiger partial charge in [-0.05, 0) is 25.3 Å². The largest absolute Gasteiger partial charge is 0.403 e. The molecule has 2 rings (SSSR count). The van der Waals surface area contributed by atoms with E-state index in [0.29, 0.717) is 32.7 Å². The number of nitrogens with zero attached hydrogens (tertiary/aromatic N) is 3. The molecule has 144 valence electrons. The Morgan fingerprint density at radius 1 is 1.32 bits per heavy atom. The number of thiophene rings is 1. The van der Waals surface area contributed by atoms with Crippen molar-refractivity contribution >= 4 is 41.3 Å². The lowest BCUT2D eigenvalue weighted by atomic mass is 10.2. The summed E-state index contributed by atoms with van der Waals surface area (Å²) in [6.07, 6.45) is -3.28. The Kier molecular flexibility index (Phi) is 9.50. The second kappa shape index (κ2) is 10.6. The molecule has 0 saturated carbocycles. The molecule has 1 aromatic rings. The van der Waals surface area contributed by atoms with E-state index in [0.717, 1.165) is 18.9 Å². The molecule has 0 aliphatic carbocycles. The van der Waals surface area contributed by atoms with Crippen LogP contribution in [-0.2, 0) is 6.42 Å². The second-order valence-corrected chi connectivity index (χ2v) is 6.84. The van der Waals surface area contributed by atoms with Crippen molar-refractivity contribution in [3.63, 3.8) is 0 Å². The van der Waals surface area contributed by atoms with Crippen LogP contribution in [0.3, 0.4) is 0 Å². The molecular formula is C16H26F3IN4S. The Morgan fingerprint density at radius 3 is 2.52 bits per heavy atom. The Bertz CT molecular complexity index is 514. The van der Waals surface area contributed by atoms with Gasteiger partial charge in [-0.2, -0.15) is 13.2 Å². The molecule has 0 bridgehead atoms. The Morgan fingerprint density at radius 2 is 2.00 bits per heavy atom. The predicted molar refractivity (Wildman–Crippen MR) is 108 cm³/mol. The Labute approximate surface area is 168 Å². The monoisotopic (exact) mass is 490 g/mol. The lowest BCUT2D eigenvalue weighted by molar-refractivity contribution is -0.181. The molecule has 9 heteroatoms. The van der Waals surface area contributed by atoms with Crippen molar-refractivity contribution in [3.8, 4) is 0 Å². The Balaban J connectivity index is 0.00000312. The zero-order valence-corrected chi connectivity index (χ0v) is 17.7. The van der Waals surface area contributed by atoms with E-state index in [-0.39, 0.29) is 24.0 Å². The van der Waals surface area contributed by atoms with Gasteiger partial charge in [-0.15, -0.1) is 35.3 Å². The van der Waals surface area contributed by atoms with E-state index >= 15 is 0 Å². The number of rotatable bonds is 5. The highest BCUT2D eigenvalue weighted by Crippen LogP contribution is 2.25. The molecular weight excluding hydrogens is 464 g/mol. The molecule has 1 atom stereocenters. The fourth-order valence-corrected chi connectivity index (χ4v) is 3.38. The first-order chi connectivity index (χ1) is 11.4. The van der Waals surface area contributed by atoms with E-state index in [1.54, 1.807) is 11.3 Å². The van der Waals surface area contributed by atoms with Gasteiger partial charge in [0, 0.05) is 50.6 Å². The summed E-state index contributed by atoms with van der Waals surface area (Å²) in [6.45, 7) is 6.58. The maximum absolute atomic E-state index is 12.8. The summed E-state index contributed by atoms with van der Waals surface area (Å²) in [5.41, 5.74) is 0. The number of nitrogens with one attached hydrogen (secondary N) is 1. The fourth-order valence-electron chi connectivity index (χ4n) is 2.68. The SMILES string of the molecule is CCNC(=NCCc1cccs1)N1CCN(C(C)C(F)(F)F)CC1.I. The summed E-state index contributed by atoms with van der Waals surface area (Å²) in [6, 6.07) is 2.72. The van der Waals surface area contributed by atoms with Crippen LogP contribution in [0, 0.1) is 0 Å². The third-order valence-electron chi connectivity index (χ3n) is 4.17. The van der Waals surface area contributed by atoms with Gasteiger partial charge in [0.1, 0.15) is 6.04 Å². The maximum atomic E-state index is 12.8. The van der Waals surface area contributed by atoms with Gasteiger partial charge in [-0.1, -0.05) is 6.07 Å². The average molecular weight is 490 g/mol. The normalized spacial score (nSPS) is 18.0. The van der Waals surface area contributed by atoms with Crippen molar-refractivity contribution in [3.05, 3.63) is 22.4 Å². The van der Waals surface area contributed by atoms with Crippen molar-refractivity contribution in [1.82, 2.24) is 15.1 Å². The zero-order chi connectivity index (χ0) is 17.6. The minimum absolute atomic E-state index is 0. The smallest absolute Gasteiger partial charge is 0.357 e. The molecule has 0 aromatic carbocycles. The number of hydrogen-bond acceptors (Lipinski definition) is 3. The van der Waals surface area contributed by atoms with E-state index < -0.39 is 12.2 Å². The van der Waals surface area contributed by atoms with Crippen LogP contribution in [0.4, 0.5) is 13.2 Å². The molecule has 1 aliphatic rings. The number of aliphatic imine (C=N–C) groups is 1. The van der Waals surface area contributed by atoms with Gasteiger partial charge in [0.25, 0.3) is 0 Å². The molecule has 25 heavy (non-hydrogen) atoms. The van der Waals surface area contributed by atoms with Gasteiger partial charge < -0.3 is 10.2 Å². The standard InChI is InChI=1S/C16H25F3N4S.HI/c1-3-20-15(21-7-6-14-5-4-12-24-14)23-10-8-22(9-11-23)13(2)16(17,18)19;/h4-5,12-13H,3,6-11H2,1-2H3,(H,20,21);1H. The van der Waals surface area contributed by atoms with E-state index in [1.807, 2.05) is 18.4 Å². The summed E-state index contributed by atoms with van der Waals surface area (Å²) < 4.78 is 38.5. The number of halogens is 4. The van der Waals surface area contributed by atoms with Crippen molar-refractivity contribution in [2.24, 2.45) is 4.99 Å². The molecule has 2 heterocycles. The third kappa shape index (κ3) is 6.93. The molecule has 4 nitrogen and oxygen atoms in total. The summed E-state index contributed by atoms with van der Waals surface area (Å²) in [4.78, 5) is 9.46. The van der Waals surface area contributed by atoms with E-state index in [2.05, 4.69) is 21.3 Å². The second-order valence-electron chi connectivity index (χ2n) is 5.81. The van der Waals surface area contributed by atoms with Crippen molar-refractivity contribution in [2.75, 3.05) is 39.3 Å². The van der Waals surface area contributed by atoms with Crippen LogP contribution < -0.4 is 5.32 Å². The molecule has 1 aliphatic heterocycles. The molecule has 0 radical (unpaired) electrons. The van der Waals surface area contributed by atoms with Crippen LogP contribution in [0.2, 0.25) is 0 Å². The molecule has 1 N–H and O–H groups in total. The fraction of sp³-hybridized carbons (Fsp3) is 0.688. The first kappa shape index (κ1) is 22.5. The highest BCUT2D eigenvalue weighted by Gasteiger charge is 2.41. The predicted octanol–water partition coefficient (Wildman–Crippen LogP) is 3.44. The highest BCUT2D eigenvalue weighted by atomic mass is 127. The number of hydrogen-bond donors (Lipinski definition) is 1. The van der Waals surface area contributed by atoms with Crippen LogP contribution in [-0.4, -0.2) is 67.2 Å². The molecule has 1 fully saturated rings. The first-order valence-corrected chi connectivity index (χ1v) is 9.16. The minimum Gasteiger partial charge on any atom is -0.357 e. The van der Waals surface area contributed by atoms with E-state index in [1.165, 1.54) is 16.7 Å². The van der Waals surface area contributed by atoms with Gasteiger partial charge in [0.05, 0.1) is 0 Å². The number of piperazine rings is 1. The number of guanidine groups is 1. The van der Waals surface area contributed by atoms with Crippen LogP contribution >= 0.6 is 35.3 Å². The lowest BCUT2D eigenvalue weighted by Crippen LogP contribution is -2.56. The van der Waals surface area contributed by atoms with Crippen LogP contribution in [0.5, 0.6) is 0 Å². The lowest BCUT2D eigenvalue weighted by Gasteiger charge is -2.39. The van der Waals surface area contributed by atoms with Crippen LogP contribution in [0.1, 0.15) is 18.7 Å². The van der Waals surface area contributed by atoms with Crippen molar-refractivity contribution < 1.29 is 13.2 Å². The minimum atomic E-state index is -4.17. The van der Waals surface area contributed by atoms with E-state index in [9.17, 15) is 13.2 Å². The zero-order valence-electron chi connectivity index (χ0n) is 14.6. The van der Waals surface area contributed by atoms with Gasteiger partial charge in [0.15, 0.2) is 5.96 Å². The van der Waals surface area contributed by atoms with Crippen LogP contribution in [0.15, 0.2) is 22.5 Å². The van der Waals surface area contributed by atoms with Gasteiger partial charge in [-0.3, -0.25) is 9.89 Å². The number of alkyl halides is 3. The first-order valence-electron chi connectivity index (χ1n) is 8.28. The van der Waals surface area contributed by atoms with Gasteiger partial charge in [0.2, 0.25) is 0 Å². The third-order valence-corrected chi connectivity index (χ3v) is 5.11. The van der Waals surface area contributed by atoms with Crippen molar-refractivity contribution in [2.45, 2.75) is 32.5 Å². The molecule has 1 unspecified atom stereocenters. The van der Waals surface area contributed by atoms with Gasteiger partial charge in [-0.25, -0.2) is 0 Å². The van der Waals surface area contributed by atoms with Gasteiger partial charge >= 0.3 is 6.18 Å². The maximum Gasteiger partial charge on any atom is 0.403 e. The topological polar surface area (TPSA) is 30.9 Å². The summed E-state index contributed by atoms with van der Waals surface area (Å²) >= 11 is 1.71. The van der Waals surface area contributed by atoms with E-state index in [4.69, 9.17) is 0 Å². The molecule has 1 saturated heterocycles. The van der Waals surface area contributed by atoms with Crippen molar-refractivity contribution in [1.29, 1.82) is 0 Å². The molecule has 0 spiro atoms. The van der Waals surface area contributed by atoms with Crippen LogP contribution in [0.25, 0.3) is 0 Å². The Hall–Kier alpha value is -0.550.